The van der Waals surface area contributed by atoms with Crippen LogP contribution < -0.4 is 10.1 Å². The number of amides is 2. The first-order valence-electron chi connectivity index (χ1n) is 9.19. The zero-order valence-electron chi connectivity index (χ0n) is 15.9. The molecule has 29 heavy (non-hydrogen) atoms. The summed E-state index contributed by atoms with van der Waals surface area (Å²) in [6, 6.07) is 8.91. The van der Waals surface area contributed by atoms with E-state index < -0.39 is 0 Å². The minimum atomic E-state index is -0.279. The highest BCUT2D eigenvalue weighted by molar-refractivity contribution is 9.10. The zero-order chi connectivity index (χ0) is 20.8. The number of likely N-dealkylation sites (tertiary alicyclic amines) is 1. The van der Waals surface area contributed by atoms with Gasteiger partial charge in [0.1, 0.15) is 11.6 Å². The first-order chi connectivity index (χ1) is 14.0. The Kier molecular flexibility index (Phi) is 7.28. The number of hydrogen-bond acceptors (Lipinski definition) is 4. The third-order valence-corrected chi connectivity index (χ3v) is 5.40. The van der Waals surface area contributed by atoms with Crippen molar-refractivity contribution in [3.8, 4) is 5.75 Å². The Hall–Kier alpha value is -2.38. The maximum Gasteiger partial charge on any atom is 0.246 e. The fraction of sp³-hybridized carbons (Fsp3) is 0.286. The van der Waals surface area contributed by atoms with Crippen LogP contribution in [-0.2, 0) is 9.59 Å². The molecule has 1 saturated heterocycles. The summed E-state index contributed by atoms with van der Waals surface area (Å²) in [5, 5.41) is 3.30. The van der Waals surface area contributed by atoms with Crippen molar-refractivity contribution in [2.75, 3.05) is 25.5 Å². The maximum absolute atomic E-state index is 12.6. The first-order valence-corrected chi connectivity index (χ1v) is 10.4. The van der Waals surface area contributed by atoms with Gasteiger partial charge < -0.3 is 15.0 Å². The molecule has 152 valence electrons. The Morgan fingerprint density at radius 1 is 1.34 bits per heavy atom. The van der Waals surface area contributed by atoms with Crippen molar-refractivity contribution in [2.24, 2.45) is 5.92 Å². The summed E-state index contributed by atoms with van der Waals surface area (Å²) in [6.07, 6.45) is 6.23. The molecular formula is C21H21BrClN3O3. The fourth-order valence-corrected chi connectivity index (χ4v) is 3.66. The number of hydrogen-bond donors (Lipinski definition) is 1. The van der Waals surface area contributed by atoms with Gasteiger partial charge in [-0.2, -0.15) is 0 Å². The van der Waals surface area contributed by atoms with E-state index in [1.54, 1.807) is 30.2 Å². The predicted octanol–water partition coefficient (Wildman–Crippen LogP) is 4.40. The van der Waals surface area contributed by atoms with Crippen LogP contribution >= 0.6 is 27.5 Å². The number of nitrogens with one attached hydrogen (secondary N) is 1. The number of pyridine rings is 1. The van der Waals surface area contributed by atoms with Crippen LogP contribution in [0.15, 0.2) is 47.1 Å². The molecule has 0 aliphatic carbocycles. The second-order valence-corrected chi connectivity index (χ2v) is 8.05. The van der Waals surface area contributed by atoms with Crippen molar-refractivity contribution in [3.05, 3.63) is 57.7 Å². The van der Waals surface area contributed by atoms with Gasteiger partial charge in [-0.25, -0.2) is 4.98 Å². The third kappa shape index (κ3) is 5.81. The molecule has 8 heteroatoms. The fourth-order valence-electron chi connectivity index (χ4n) is 3.17. The minimum absolute atomic E-state index is 0.130. The second kappa shape index (κ2) is 9.89. The van der Waals surface area contributed by atoms with Crippen LogP contribution in [0.2, 0.25) is 5.02 Å². The number of halogens is 2. The number of carbonyl (C=O) groups excluding carboxylic acids is 2. The molecule has 3 rings (SSSR count). The molecule has 0 spiro atoms. The molecule has 1 fully saturated rings. The summed E-state index contributed by atoms with van der Waals surface area (Å²) in [5.74, 6) is 0.580. The Labute approximate surface area is 183 Å². The van der Waals surface area contributed by atoms with E-state index in [9.17, 15) is 9.59 Å². The number of ether oxygens (including phenoxy) is 1. The van der Waals surface area contributed by atoms with Gasteiger partial charge in [-0.05, 0) is 49.2 Å². The Bertz CT molecular complexity index is 918. The topological polar surface area (TPSA) is 71.5 Å². The van der Waals surface area contributed by atoms with E-state index in [-0.39, 0.29) is 17.7 Å². The smallest absolute Gasteiger partial charge is 0.246 e. The van der Waals surface area contributed by atoms with E-state index in [0.29, 0.717) is 29.7 Å². The number of anilines is 1. The molecule has 2 heterocycles. The SMILES string of the molecule is COc1ccc(Br)cc1C=CC(=O)N1CCCC(C(=O)Nc2ccc(Cl)cn2)C1. The molecule has 0 radical (unpaired) electrons. The number of carbonyl (C=O) groups is 2. The molecule has 0 bridgehead atoms. The van der Waals surface area contributed by atoms with Crippen molar-refractivity contribution in [1.82, 2.24) is 9.88 Å². The van der Waals surface area contributed by atoms with Crippen molar-refractivity contribution in [2.45, 2.75) is 12.8 Å². The van der Waals surface area contributed by atoms with Gasteiger partial charge in [-0.3, -0.25) is 9.59 Å². The Morgan fingerprint density at radius 3 is 2.90 bits per heavy atom. The normalized spacial score (nSPS) is 16.7. The Morgan fingerprint density at radius 2 is 2.17 bits per heavy atom. The first kappa shape index (κ1) is 21.3. The number of benzene rings is 1. The number of aromatic nitrogens is 1. The molecule has 0 saturated carbocycles. The lowest BCUT2D eigenvalue weighted by atomic mass is 9.97. The highest BCUT2D eigenvalue weighted by atomic mass is 79.9. The lowest BCUT2D eigenvalue weighted by molar-refractivity contribution is -0.130. The summed E-state index contributed by atoms with van der Waals surface area (Å²) in [5.41, 5.74) is 0.801. The second-order valence-electron chi connectivity index (χ2n) is 6.69. The molecule has 1 aromatic heterocycles. The average Bonchev–Trinajstić information content (AvgIpc) is 2.73. The van der Waals surface area contributed by atoms with Crippen molar-refractivity contribution < 1.29 is 14.3 Å². The lowest BCUT2D eigenvalue weighted by Crippen LogP contribution is -2.43. The highest BCUT2D eigenvalue weighted by Crippen LogP contribution is 2.25. The molecular weight excluding hydrogens is 458 g/mol. The van der Waals surface area contributed by atoms with Gasteiger partial charge in [0.15, 0.2) is 0 Å². The van der Waals surface area contributed by atoms with Crippen LogP contribution in [0, 0.1) is 5.92 Å². The van der Waals surface area contributed by atoms with E-state index in [4.69, 9.17) is 16.3 Å². The van der Waals surface area contributed by atoms with Gasteiger partial charge in [0, 0.05) is 35.4 Å². The third-order valence-electron chi connectivity index (χ3n) is 4.68. The van der Waals surface area contributed by atoms with Crippen LogP contribution in [-0.4, -0.2) is 41.9 Å². The van der Waals surface area contributed by atoms with E-state index in [1.165, 1.54) is 12.3 Å². The molecule has 1 N–H and O–H groups in total. The largest absolute Gasteiger partial charge is 0.496 e. The van der Waals surface area contributed by atoms with Crippen LogP contribution in [0.5, 0.6) is 5.75 Å². The maximum atomic E-state index is 12.6. The molecule has 1 aliphatic heterocycles. The summed E-state index contributed by atoms with van der Waals surface area (Å²) in [6.45, 7) is 1.000. The van der Waals surface area contributed by atoms with E-state index in [2.05, 4.69) is 26.2 Å². The summed E-state index contributed by atoms with van der Waals surface area (Å²) in [7, 11) is 1.59. The van der Waals surface area contributed by atoms with Gasteiger partial charge in [0.05, 0.1) is 18.1 Å². The van der Waals surface area contributed by atoms with Crippen LogP contribution in [0.4, 0.5) is 5.82 Å². The van der Waals surface area contributed by atoms with Gasteiger partial charge in [-0.15, -0.1) is 0 Å². The molecule has 1 unspecified atom stereocenters. The number of rotatable bonds is 5. The highest BCUT2D eigenvalue weighted by Gasteiger charge is 2.27. The molecule has 2 amide bonds. The van der Waals surface area contributed by atoms with Crippen LogP contribution in [0.3, 0.4) is 0 Å². The van der Waals surface area contributed by atoms with Gasteiger partial charge in [0.2, 0.25) is 11.8 Å². The quantitative estimate of drug-likeness (QED) is 0.647. The molecule has 2 aromatic rings. The summed E-state index contributed by atoms with van der Waals surface area (Å²) in [4.78, 5) is 31.0. The standard InChI is InChI=1S/C21H21BrClN3O3/c1-29-18-7-5-16(22)11-14(18)4-9-20(27)26-10-2-3-15(13-26)21(28)25-19-8-6-17(23)12-24-19/h4-9,11-12,15H,2-3,10,13H2,1H3,(H,24,25,28). The van der Waals surface area contributed by atoms with Crippen LogP contribution in [0.25, 0.3) is 6.08 Å². The van der Waals surface area contributed by atoms with E-state index >= 15 is 0 Å². The molecule has 1 atom stereocenters. The van der Waals surface area contributed by atoms with Gasteiger partial charge in [0.25, 0.3) is 0 Å². The monoisotopic (exact) mass is 477 g/mol. The molecule has 1 aliphatic rings. The molecule has 6 nitrogen and oxygen atoms in total. The zero-order valence-corrected chi connectivity index (χ0v) is 18.2. The molecule has 1 aromatic carbocycles. The summed E-state index contributed by atoms with van der Waals surface area (Å²) >= 11 is 9.24. The van der Waals surface area contributed by atoms with Gasteiger partial charge >= 0.3 is 0 Å². The van der Waals surface area contributed by atoms with E-state index in [0.717, 1.165) is 22.9 Å². The van der Waals surface area contributed by atoms with Gasteiger partial charge in [-0.1, -0.05) is 27.5 Å². The lowest BCUT2D eigenvalue weighted by Gasteiger charge is -2.31. The number of piperidine rings is 1. The van der Waals surface area contributed by atoms with Crippen molar-refractivity contribution in [3.63, 3.8) is 0 Å². The Balaban J connectivity index is 1.62. The number of nitrogens with zero attached hydrogens (tertiary/aromatic N) is 2. The van der Waals surface area contributed by atoms with E-state index in [1.807, 2.05) is 18.2 Å². The minimum Gasteiger partial charge on any atom is -0.496 e. The predicted molar refractivity (Wildman–Crippen MR) is 117 cm³/mol. The van der Waals surface area contributed by atoms with Crippen LogP contribution in [0.1, 0.15) is 18.4 Å². The number of methoxy groups -OCH3 is 1. The summed E-state index contributed by atoms with van der Waals surface area (Å²) < 4.78 is 6.23. The van der Waals surface area contributed by atoms with Crippen molar-refractivity contribution >= 4 is 51.2 Å². The van der Waals surface area contributed by atoms with Crippen molar-refractivity contribution in [1.29, 1.82) is 0 Å². The average molecular weight is 479 g/mol.